The quantitative estimate of drug-likeness (QED) is 0.739. The molecule has 3 heteroatoms. The Balaban J connectivity index is 2.52. The number of unbranched alkanes of at least 4 members (excludes halogenated alkanes) is 2. The second kappa shape index (κ2) is 7.78. The molecule has 0 saturated carbocycles. The molecule has 1 saturated heterocycles. The van der Waals surface area contributed by atoms with Gasteiger partial charge < -0.3 is 10.2 Å². The average Bonchev–Trinajstić information content (AvgIpc) is 2.33. The van der Waals surface area contributed by atoms with Crippen molar-refractivity contribution in [2.45, 2.75) is 71.9 Å². The van der Waals surface area contributed by atoms with Gasteiger partial charge in [0.15, 0.2) is 0 Å². The van der Waals surface area contributed by atoms with E-state index in [1.807, 2.05) is 0 Å². The molecule has 2 atom stereocenters. The Morgan fingerprint density at radius 1 is 1.39 bits per heavy atom. The molecule has 0 radical (unpaired) electrons. The van der Waals surface area contributed by atoms with Crippen molar-refractivity contribution >= 4 is 5.91 Å². The molecule has 0 aromatic rings. The number of amides is 1. The van der Waals surface area contributed by atoms with Gasteiger partial charge in [0.2, 0.25) is 5.91 Å². The van der Waals surface area contributed by atoms with Crippen LogP contribution in [0.4, 0.5) is 0 Å². The zero-order valence-electron chi connectivity index (χ0n) is 12.5. The summed E-state index contributed by atoms with van der Waals surface area (Å²) >= 11 is 0. The van der Waals surface area contributed by atoms with Crippen molar-refractivity contribution in [3.05, 3.63) is 0 Å². The lowest BCUT2D eigenvalue weighted by Gasteiger charge is -2.34. The van der Waals surface area contributed by atoms with Crippen molar-refractivity contribution in [1.29, 1.82) is 0 Å². The van der Waals surface area contributed by atoms with Crippen LogP contribution in [0.15, 0.2) is 0 Å². The predicted octanol–water partition coefficient (Wildman–Crippen LogP) is 2.80. The lowest BCUT2D eigenvalue weighted by Crippen LogP contribution is -2.52. The zero-order valence-corrected chi connectivity index (χ0v) is 12.5. The summed E-state index contributed by atoms with van der Waals surface area (Å²) in [5.41, 5.74) is 0. The smallest absolute Gasteiger partial charge is 0.239 e. The molecule has 1 aliphatic rings. The Bertz CT molecular complexity index is 253. The minimum atomic E-state index is 0.0535. The predicted molar refractivity (Wildman–Crippen MR) is 76.6 cm³/mol. The Morgan fingerprint density at radius 2 is 2.11 bits per heavy atom. The fourth-order valence-corrected chi connectivity index (χ4v) is 2.65. The van der Waals surface area contributed by atoms with Crippen molar-refractivity contribution in [3.8, 4) is 0 Å². The molecule has 0 aromatic carbocycles. The molecule has 2 unspecified atom stereocenters. The van der Waals surface area contributed by atoms with E-state index in [-0.39, 0.29) is 6.04 Å². The summed E-state index contributed by atoms with van der Waals surface area (Å²) in [7, 11) is 0. The molecule has 0 aromatic heterocycles. The Morgan fingerprint density at radius 3 is 2.67 bits per heavy atom. The van der Waals surface area contributed by atoms with E-state index in [1.54, 1.807) is 0 Å². The first-order valence-corrected chi connectivity index (χ1v) is 7.60. The fourth-order valence-electron chi connectivity index (χ4n) is 2.65. The molecule has 1 aliphatic heterocycles. The van der Waals surface area contributed by atoms with Crippen molar-refractivity contribution in [2.75, 3.05) is 13.1 Å². The third-order valence-electron chi connectivity index (χ3n) is 3.87. The maximum Gasteiger partial charge on any atom is 0.239 e. The number of nitrogens with one attached hydrogen (secondary N) is 1. The molecular formula is C15H30N2O. The summed E-state index contributed by atoms with van der Waals surface area (Å²) < 4.78 is 0. The van der Waals surface area contributed by atoms with Gasteiger partial charge in [-0.25, -0.2) is 0 Å². The lowest BCUT2D eigenvalue weighted by atomic mass is 9.93. The third-order valence-corrected chi connectivity index (χ3v) is 3.87. The largest absolute Gasteiger partial charge is 0.339 e. The number of piperidine rings is 1. The molecule has 1 N–H and O–H groups in total. The molecule has 1 heterocycles. The summed E-state index contributed by atoms with van der Waals surface area (Å²) in [6.07, 6.45) is 5.74. The highest BCUT2D eigenvalue weighted by atomic mass is 16.2. The Hall–Kier alpha value is -0.570. The first-order valence-electron chi connectivity index (χ1n) is 7.60. The van der Waals surface area contributed by atoms with Crippen molar-refractivity contribution < 1.29 is 4.79 Å². The van der Waals surface area contributed by atoms with Gasteiger partial charge in [-0.15, -0.1) is 0 Å². The third kappa shape index (κ3) is 4.60. The van der Waals surface area contributed by atoms with Crippen LogP contribution in [0.25, 0.3) is 0 Å². The van der Waals surface area contributed by atoms with Crippen molar-refractivity contribution in [1.82, 2.24) is 10.2 Å². The van der Waals surface area contributed by atoms with E-state index in [9.17, 15) is 4.79 Å². The van der Waals surface area contributed by atoms with E-state index in [0.717, 1.165) is 25.9 Å². The molecule has 1 amide bonds. The summed E-state index contributed by atoms with van der Waals surface area (Å²) in [5, 5.41) is 3.38. The van der Waals surface area contributed by atoms with Gasteiger partial charge in [-0.05, 0) is 45.6 Å². The topological polar surface area (TPSA) is 32.3 Å². The normalized spacial score (nSPS) is 24.3. The van der Waals surface area contributed by atoms with Crippen LogP contribution in [0.2, 0.25) is 0 Å². The van der Waals surface area contributed by atoms with Gasteiger partial charge in [-0.3, -0.25) is 4.79 Å². The highest BCUT2D eigenvalue weighted by molar-refractivity contribution is 5.82. The van der Waals surface area contributed by atoms with E-state index in [2.05, 4.69) is 37.9 Å². The van der Waals surface area contributed by atoms with Crippen LogP contribution in [-0.4, -0.2) is 36.0 Å². The number of carbonyl (C=O) groups is 1. The summed E-state index contributed by atoms with van der Waals surface area (Å²) in [6.45, 7) is 10.6. The Labute approximate surface area is 112 Å². The highest BCUT2D eigenvalue weighted by Gasteiger charge is 2.29. The van der Waals surface area contributed by atoms with Gasteiger partial charge in [-0.1, -0.05) is 26.7 Å². The summed E-state index contributed by atoms with van der Waals surface area (Å²) in [4.78, 5) is 14.6. The van der Waals surface area contributed by atoms with Gasteiger partial charge >= 0.3 is 0 Å². The number of hydrogen-bond acceptors (Lipinski definition) is 2. The van der Waals surface area contributed by atoms with E-state index in [1.165, 1.54) is 19.3 Å². The second-order valence-electron chi connectivity index (χ2n) is 5.97. The molecule has 18 heavy (non-hydrogen) atoms. The number of rotatable bonds is 6. The van der Waals surface area contributed by atoms with E-state index < -0.39 is 0 Å². The molecule has 106 valence electrons. The fraction of sp³-hybridized carbons (Fsp3) is 0.933. The number of hydrogen-bond donors (Lipinski definition) is 1. The van der Waals surface area contributed by atoms with Gasteiger partial charge in [0.25, 0.3) is 0 Å². The van der Waals surface area contributed by atoms with Crippen LogP contribution >= 0.6 is 0 Å². The van der Waals surface area contributed by atoms with Gasteiger partial charge in [0.1, 0.15) is 0 Å². The lowest BCUT2D eigenvalue weighted by molar-refractivity contribution is -0.136. The maximum absolute atomic E-state index is 12.5. The molecule has 1 fully saturated rings. The zero-order chi connectivity index (χ0) is 13.5. The summed E-state index contributed by atoms with van der Waals surface area (Å²) in [6, 6.07) is 0.367. The van der Waals surface area contributed by atoms with Crippen molar-refractivity contribution in [3.63, 3.8) is 0 Å². The second-order valence-corrected chi connectivity index (χ2v) is 5.97. The summed E-state index contributed by atoms with van der Waals surface area (Å²) in [5.74, 6) is 0.984. The number of carbonyl (C=O) groups excluding carboxylic acids is 1. The molecule has 0 bridgehead atoms. The van der Waals surface area contributed by atoms with Crippen LogP contribution < -0.4 is 5.32 Å². The molecule has 0 spiro atoms. The van der Waals surface area contributed by atoms with Crippen LogP contribution in [-0.2, 0) is 4.79 Å². The molecular weight excluding hydrogens is 224 g/mol. The average molecular weight is 254 g/mol. The van der Waals surface area contributed by atoms with Crippen LogP contribution in [0.3, 0.4) is 0 Å². The first kappa shape index (κ1) is 15.5. The van der Waals surface area contributed by atoms with Crippen LogP contribution in [0, 0.1) is 5.92 Å². The standard InChI is InChI=1S/C15H30N2O/c1-5-6-7-10-17(12(2)3)15(18)14-11-13(4)8-9-16-14/h12-14,16H,5-11H2,1-4H3. The highest BCUT2D eigenvalue weighted by Crippen LogP contribution is 2.18. The van der Waals surface area contributed by atoms with Crippen LogP contribution in [0.1, 0.15) is 59.8 Å². The van der Waals surface area contributed by atoms with Gasteiger partial charge in [0, 0.05) is 12.6 Å². The van der Waals surface area contributed by atoms with E-state index >= 15 is 0 Å². The first-order chi connectivity index (χ1) is 8.56. The van der Waals surface area contributed by atoms with Crippen LogP contribution in [0.5, 0.6) is 0 Å². The molecule has 3 nitrogen and oxygen atoms in total. The van der Waals surface area contributed by atoms with E-state index in [0.29, 0.717) is 17.9 Å². The molecule has 1 rings (SSSR count). The Kier molecular flexibility index (Phi) is 6.69. The monoisotopic (exact) mass is 254 g/mol. The molecule has 0 aliphatic carbocycles. The van der Waals surface area contributed by atoms with Crippen molar-refractivity contribution in [2.24, 2.45) is 5.92 Å². The van der Waals surface area contributed by atoms with Gasteiger partial charge in [-0.2, -0.15) is 0 Å². The SMILES string of the molecule is CCCCCN(C(=O)C1CC(C)CCN1)C(C)C. The minimum absolute atomic E-state index is 0.0535. The van der Waals surface area contributed by atoms with E-state index in [4.69, 9.17) is 0 Å². The number of nitrogens with zero attached hydrogens (tertiary/aromatic N) is 1. The minimum Gasteiger partial charge on any atom is -0.339 e. The van der Waals surface area contributed by atoms with Gasteiger partial charge in [0.05, 0.1) is 6.04 Å². The maximum atomic E-state index is 12.5.